The van der Waals surface area contributed by atoms with Crippen molar-refractivity contribution >= 4 is 17.3 Å². The molecule has 0 N–H and O–H groups in total. The quantitative estimate of drug-likeness (QED) is 0.605. The van der Waals surface area contributed by atoms with E-state index >= 15 is 0 Å². The summed E-state index contributed by atoms with van der Waals surface area (Å²) in [5.41, 5.74) is -0.707. The van der Waals surface area contributed by atoms with Crippen LogP contribution in [0.3, 0.4) is 0 Å². The SMILES string of the molecule is CC(=O)CC1(C)CCCC(=O)C1=O. The molecule has 0 aromatic heterocycles. The Morgan fingerprint density at radius 3 is 2.62 bits per heavy atom. The predicted molar refractivity (Wildman–Crippen MR) is 47.3 cm³/mol. The maximum absolute atomic E-state index is 11.5. The summed E-state index contributed by atoms with van der Waals surface area (Å²) in [5, 5.41) is 0. The fourth-order valence-electron chi connectivity index (χ4n) is 1.92. The van der Waals surface area contributed by atoms with Crippen LogP contribution in [0.4, 0.5) is 0 Å². The number of Topliss-reactive ketones (excluding diaryl/α,β-unsaturated/α-hetero) is 3. The third-order valence-electron chi connectivity index (χ3n) is 2.57. The summed E-state index contributed by atoms with van der Waals surface area (Å²) in [7, 11) is 0. The number of carbonyl (C=O) groups excluding carboxylic acids is 3. The third kappa shape index (κ3) is 2.02. The zero-order chi connectivity index (χ0) is 10.1. The molecule has 0 spiro atoms. The second kappa shape index (κ2) is 3.40. The van der Waals surface area contributed by atoms with E-state index in [0.29, 0.717) is 12.8 Å². The van der Waals surface area contributed by atoms with Crippen LogP contribution in [0.25, 0.3) is 0 Å². The Morgan fingerprint density at radius 2 is 2.08 bits per heavy atom. The lowest BCUT2D eigenvalue weighted by Crippen LogP contribution is -2.39. The van der Waals surface area contributed by atoms with Gasteiger partial charge >= 0.3 is 0 Å². The van der Waals surface area contributed by atoms with Crippen LogP contribution in [0.1, 0.15) is 39.5 Å². The molecule has 0 bridgehead atoms. The molecular formula is C10H14O3. The summed E-state index contributed by atoms with van der Waals surface area (Å²) in [6, 6.07) is 0. The van der Waals surface area contributed by atoms with Gasteiger partial charge in [-0.3, -0.25) is 14.4 Å². The van der Waals surface area contributed by atoms with Gasteiger partial charge in [0.05, 0.1) is 0 Å². The lowest BCUT2D eigenvalue weighted by molar-refractivity contribution is -0.146. The normalized spacial score (nSPS) is 29.1. The molecule has 1 rings (SSSR count). The van der Waals surface area contributed by atoms with Gasteiger partial charge < -0.3 is 0 Å². The largest absolute Gasteiger partial charge is 0.300 e. The van der Waals surface area contributed by atoms with E-state index in [1.165, 1.54) is 6.92 Å². The monoisotopic (exact) mass is 182 g/mol. The standard InChI is InChI=1S/C10H14O3/c1-7(11)6-10(2)5-3-4-8(12)9(10)13/h3-6H2,1-2H3. The minimum Gasteiger partial charge on any atom is -0.300 e. The smallest absolute Gasteiger partial charge is 0.204 e. The molecule has 1 unspecified atom stereocenters. The van der Waals surface area contributed by atoms with Crippen molar-refractivity contribution in [2.24, 2.45) is 5.41 Å². The van der Waals surface area contributed by atoms with Crippen molar-refractivity contribution < 1.29 is 14.4 Å². The molecule has 3 nitrogen and oxygen atoms in total. The molecule has 1 atom stereocenters. The molecular weight excluding hydrogens is 168 g/mol. The number of rotatable bonds is 2. The lowest BCUT2D eigenvalue weighted by Gasteiger charge is -2.29. The minimum absolute atomic E-state index is 0.0226. The molecule has 0 amide bonds. The van der Waals surface area contributed by atoms with E-state index in [9.17, 15) is 14.4 Å². The van der Waals surface area contributed by atoms with Crippen LogP contribution in [0.2, 0.25) is 0 Å². The molecule has 0 aromatic rings. The third-order valence-corrected chi connectivity index (χ3v) is 2.57. The van der Waals surface area contributed by atoms with Crippen molar-refractivity contribution in [1.29, 1.82) is 0 Å². The molecule has 0 heterocycles. The summed E-state index contributed by atoms with van der Waals surface area (Å²) < 4.78 is 0. The van der Waals surface area contributed by atoms with Gasteiger partial charge in [0.2, 0.25) is 5.78 Å². The highest BCUT2D eigenvalue weighted by atomic mass is 16.2. The van der Waals surface area contributed by atoms with E-state index in [0.717, 1.165) is 6.42 Å². The Kier molecular flexibility index (Phi) is 2.64. The van der Waals surface area contributed by atoms with Gasteiger partial charge in [0, 0.05) is 18.3 Å². The van der Waals surface area contributed by atoms with E-state index in [4.69, 9.17) is 0 Å². The lowest BCUT2D eigenvalue weighted by atomic mass is 9.71. The average molecular weight is 182 g/mol. The van der Waals surface area contributed by atoms with Gasteiger partial charge in [0.25, 0.3) is 0 Å². The van der Waals surface area contributed by atoms with E-state index in [2.05, 4.69) is 0 Å². The zero-order valence-electron chi connectivity index (χ0n) is 8.05. The van der Waals surface area contributed by atoms with Crippen LogP contribution in [0.15, 0.2) is 0 Å². The molecule has 13 heavy (non-hydrogen) atoms. The average Bonchev–Trinajstić information content (AvgIpc) is 1.99. The van der Waals surface area contributed by atoms with Crippen molar-refractivity contribution in [3.63, 3.8) is 0 Å². The first-order valence-electron chi connectivity index (χ1n) is 4.53. The zero-order valence-corrected chi connectivity index (χ0v) is 8.05. The molecule has 0 radical (unpaired) electrons. The van der Waals surface area contributed by atoms with E-state index < -0.39 is 5.41 Å². The number of carbonyl (C=O) groups is 3. The van der Waals surface area contributed by atoms with E-state index in [1.54, 1.807) is 6.92 Å². The number of ketones is 3. The van der Waals surface area contributed by atoms with E-state index in [-0.39, 0.29) is 23.8 Å². The summed E-state index contributed by atoms with van der Waals surface area (Å²) in [6.45, 7) is 3.17. The Bertz CT molecular complexity index is 267. The molecule has 0 aliphatic heterocycles. The molecule has 1 fully saturated rings. The molecule has 3 heteroatoms. The van der Waals surface area contributed by atoms with Crippen molar-refractivity contribution in [2.75, 3.05) is 0 Å². The first-order valence-corrected chi connectivity index (χ1v) is 4.53. The van der Waals surface area contributed by atoms with Gasteiger partial charge in [-0.25, -0.2) is 0 Å². The van der Waals surface area contributed by atoms with Crippen molar-refractivity contribution in [1.82, 2.24) is 0 Å². The second-order valence-corrected chi connectivity index (χ2v) is 4.05. The number of hydrogen-bond donors (Lipinski definition) is 0. The maximum atomic E-state index is 11.5. The van der Waals surface area contributed by atoms with Crippen molar-refractivity contribution in [3.8, 4) is 0 Å². The predicted octanol–water partition coefficient (Wildman–Crippen LogP) is 1.29. The highest BCUT2D eigenvalue weighted by Crippen LogP contribution is 2.34. The molecule has 1 saturated carbocycles. The first kappa shape index (κ1) is 10.1. The van der Waals surface area contributed by atoms with Gasteiger partial charge in [-0.2, -0.15) is 0 Å². The molecule has 1 aliphatic carbocycles. The summed E-state index contributed by atoms with van der Waals surface area (Å²) in [6.07, 6.45) is 1.95. The topological polar surface area (TPSA) is 51.2 Å². The summed E-state index contributed by atoms with van der Waals surface area (Å²) >= 11 is 0. The van der Waals surface area contributed by atoms with Crippen LogP contribution in [-0.4, -0.2) is 17.3 Å². The Hall–Kier alpha value is -0.990. The highest BCUT2D eigenvalue weighted by molar-refractivity contribution is 6.39. The van der Waals surface area contributed by atoms with Gasteiger partial charge in [0.1, 0.15) is 5.78 Å². The van der Waals surface area contributed by atoms with Crippen LogP contribution in [-0.2, 0) is 14.4 Å². The summed E-state index contributed by atoms with van der Waals surface area (Å²) in [4.78, 5) is 33.5. The van der Waals surface area contributed by atoms with Gasteiger partial charge in [-0.1, -0.05) is 6.92 Å². The second-order valence-electron chi connectivity index (χ2n) is 4.05. The first-order chi connectivity index (χ1) is 5.96. The molecule has 0 aromatic carbocycles. The van der Waals surface area contributed by atoms with Gasteiger partial charge in [0.15, 0.2) is 5.78 Å². The maximum Gasteiger partial charge on any atom is 0.204 e. The number of hydrogen-bond acceptors (Lipinski definition) is 3. The minimum atomic E-state index is -0.707. The van der Waals surface area contributed by atoms with Crippen LogP contribution in [0, 0.1) is 5.41 Å². The molecule has 72 valence electrons. The Labute approximate surface area is 77.5 Å². The van der Waals surface area contributed by atoms with Crippen LogP contribution < -0.4 is 0 Å². The fourth-order valence-corrected chi connectivity index (χ4v) is 1.92. The van der Waals surface area contributed by atoms with Crippen molar-refractivity contribution in [2.45, 2.75) is 39.5 Å². The molecule has 1 aliphatic rings. The van der Waals surface area contributed by atoms with Crippen LogP contribution in [0.5, 0.6) is 0 Å². The molecule has 0 saturated heterocycles. The van der Waals surface area contributed by atoms with Crippen molar-refractivity contribution in [3.05, 3.63) is 0 Å². The Morgan fingerprint density at radius 1 is 1.46 bits per heavy atom. The fraction of sp³-hybridized carbons (Fsp3) is 0.700. The van der Waals surface area contributed by atoms with Gasteiger partial charge in [-0.15, -0.1) is 0 Å². The highest BCUT2D eigenvalue weighted by Gasteiger charge is 2.40. The Balaban J connectivity index is 2.81. The van der Waals surface area contributed by atoms with Crippen LogP contribution >= 0.6 is 0 Å². The van der Waals surface area contributed by atoms with Gasteiger partial charge in [-0.05, 0) is 19.8 Å². The summed E-state index contributed by atoms with van der Waals surface area (Å²) in [5.74, 6) is -0.686. The van der Waals surface area contributed by atoms with E-state index in [1.807, 2.05) is 0 Å².